The number of hydrogen-bond acceptors (Lipinski definition) is 5. The highest BCUT2D eigenvalue weighted by Gasteiger charge is 2.03. The van der Waals surface area contributed by atoms with Crippen molar-refractivity contribution in [1.82, 2.24) is 15.0 Å². The van der Waals surface area contributed by atoms with Gasteiger partial charge in [-0.1, -0.05) is 13.0 Å². The molecule has 0 atom stereocenters. The number of anilines is 1. The monoisotopic (exact) mass is 260 g/mol. The predicted octanol–water partition coefficient (Wildman–Crippen LogP) is 3.15. The van der Waals surface area contributed by atoms with Crippen LogP contribution in [0.5, 0.6) is 0 Å². The van der Waals surface area contributed by atoms with Crippen molar-refractivity contribution in [2.75, 3.05) is 11.9 Å². The highest BCUT2D eigenvalue weighted by Crippen LogP contribution is 2.23. The van der Waals surface area contributed by atoms with Gasteiger partial charge in [0.1, 0.15) is 10.8 Å². The summed E-state index contributed by atoms with van der Waals surface area (Å²) in [6, 6.07) is 7.81. The summed E-state index contributed by atoms with van der Waals surface area (Å²) >= 11 is 1.48. The minimum Gasteiger partial charge on any atom is -0.370 e. The standard InChI is InChI=1S/C13H16N4S/c1-3-8-14-11-5-4-6-12(17-11)18-13-15-9-7-10(2)16-13/h4-7,9H,3,8H2,1-2H3,(H,14,17). The first kappa shape index (κ1) is 12.8. The van der Waals surface area contributed by atoms with Crippen molar-refractivity contribution in [3.05, 3.63) is 36.2 Å². The molecule has 0 fully saturated rings. The van der Waals surface area contributed by atoms with E-state index in [2.05, 4.69) is 27.2 Å². The summed E-state index contributed by atoms with van der Waals surface area (Å²) in [4.78, 5) is 13.1. The topological polar surface area (TPSA) is 50.7 Å². The van der Waals surface area contributed by atoms with Gasteiger partial charge in [-0.25, -0.2) is 15.0 Å². The lowest BCUT2D eigenvalue weighted by Crippen LogP contribution is -2.01. The summed E-state index contributed by atoms with van der Waals surface area (Å²) in [5.41, 5.74) is 0.966. The Morgan fingerprint density at radius 1 is 1.22 bits per heavy atom. The zero-order chi connectivity index (χ0) is 12.8. The fraction of sp³-hybridized carbons (Fsp3) is 0.308. The third-order valence-electron chi connectivity index (χ3n) is 2.25. The molecule has 0 saturated carbocycles. The second-order valence-electron chi connectivity index (χ2n) is 3.87. The molecule has 0 saturated heterocycles. The normalized spacial score (nSPS) is 10.3. The number of hydrogen-bond donors (Lipinski definition) is 1. The molecule has 0 spiro atoms. The molecule has 0 radical (unpaired) electrons. The average Bonchev–Trinajstić information content (AvgIpc) is 2.37. The van der Waals surface area contributed by atoms with Gasteiger partial charge in [-0.15, -0.1) is 0 Å². The number of aromatic nitrogens is 3. The van der Waals surface area contributed by atoms with Gasteiger partial charge in [0.25, 0.3) is 0 Å². The second kappa shape index (κ2) is 6.35. The Balaban J connectivity index is 2.09. The van der Waals surface area contributed by atoms with E-state index >= 15 is 0 Å². The van der Waals surface area contributed by atoms with E-state index in [1.54, 1.807) is 6.20 Å². The molecule has 4 nitrogen and oxygen atoms in total. The molecular formula is C13H16N4S. The van der Waals surface area contributed by atoms with E-state index in [1.807, 2.05) is 31.2 Å². The third-order valence-corrected chi connectivity index (χ3v) is 3.06. The first-order chi connectivity index (χ1) is 8.78. The highest BCUT2D eigenvalue weighted by atomic mass is 32.2. The molecule has 0 aromatic carbocycles. The van der Waals surface area contributed by atoms with Crippen LogP contribution >= 0.6 is 11.8 Å². The molecule has 18 heavy (non-hydrogen) atoms. The zero-order valence-corrected chi connectivity index (χ0v) is 11.4. The molecule has 2 aromatic heterocycles. The summed E-state index contributed by atoms with van der Waals surface area (Å²) in [5, 5.41) is 4.90. The lowest BCUT2D eigenvalue weighted by atomic mass is 10.4. The fourth-order valence-corrected chi connectivity index (χ4v) is 2.17. The Morgan fingerprint density at radius 2 is 2.11 bits per heavy atom. The van der Waals surface area contributed by atoms with Crippen molar-refractivity contribution in [1.29, 1.82) is 0 Å². The Kier molecular flexibility index (Phi) is 4.52. The maximum Gasteiger partial charge on any atom is 0.194 e. The van der Waals surface area contributed by atoms with Gasteiger partial charge in [0.2, 0.25) is 0 Å². The van der Waals surface area contributed by atoms with Crippen molar-refractivity contribution in [2.45, 2.75) is 30.5 Å². The van der Waals surface area contributed by atoms with Crippen LogP contribution in [0, 0.1) is 6.92 Å². The van der Waals surface area contributed by atoms with Crippen molar-refractivity contribution in [2.24, 2.45) is 0 Å². The lowest BCUT2D eigenvalue weighted by molar-refractivity contribution is 0.925. The molecule has 0 aliphatic carbocycles. The molecule has 0 aliphatic rings. The van der Waals surface area contributed by atoms with E-state index in [9.17, 15) is 0 Å². The molecule has 0 bridgehead atoms. The van der Waals surface area contributed by atoms with Gasteiger partial charge in [-0.05, 0) is 43.3 Å². The third kappa shape index (κ3) is 3.70. The van der Waals surface area contributed by atoms with E-state index in [0.29, 0.717) is 0 Å². The highest BCUT2D eigenvalue weighted by molar-refractivity contribution is 7.99. The van der Waals surface area contributed by atoms with Crippen molar-refractivity contribution < 1.29 is 0 Å². The zero-order valence-electron chi connectivity index (χ0n) is 10.6. The van der Waals surface area contributed by atoms with Crippen LogP contribution in [0.4, 0.5) is 5.82 Å². The smallest absolute Gasteiger partial charge is 0.194 e. The Bertz CT molecular complexity index is 516. The molecule has 2 rings (SSSR count). The Hall–Kier alpha value is -1.62. The number of nitrogens with one attached hydrogen (secondary N) is 1. The second-order valence-corrected chi connectivity index (χ2v) is 4.86. The number of aryl methyl sites for hydroxylation is 1. The van der Waals surface area contributed by atoms with Gasteiger partial charge in [0.05, 0.1) is 0 Å². The predicted molar refractivity (Wildman–Crippen MR) is 73.9 cm³/mol. The van der Waals surface area contributed by atoms with Gasteiger partial charge >= 0.3 is 0 Å². The number of rotatable bonds is 5. The number of pyridine rings is 1. The SMILES string of the molecule is CCCNc1cccc(Sc2nccc(C)n2)n1. The largest absolute Gasteiger partial charge is 0.370 e. The van der Waals surface area contributed by atoms with Crippen LogP contribution in [0.25, 0.3) is 0 Å². The minimum atomic E-state index is 0.732. The summed E-state index contributed by atoms with van der Waals surface area (Å²) in [7, 11) is 0. The maximum absolute atomic E-state index is 4.51. The van der Waals surface area contributed by atoms with E-state index in [-0.39, 0.29) is 0 Å². The molecular weight excluding hydrogens is 244 g/mol. The van der Waals surface area contributed by atoms with Crippen molar-refractivity contribution >= 4 is 17.6 Å². The van der Waals surface area contributed by atoms with Crippen LogP contribution in [0.1, 0.15) is 19.0 Å². The maximum atomic E-state index is 4.51. The number of nitrogens with zero attached hydrogens (tertiary/aromatic N) is 3. The van der Waals surface area contributed by atoms with Gasteiger partial charge < -0.3 is 5.32 Å². The Morgan fingerprint density at radius 3 is 2.89 bits per heavy atom. The summed E-state index contributed by atoms with van der Waals surface area (Å²) in [5.74, 6) is 0.898. The molecule has 2 heterocycles. The van der Waals surface area contributed by atoms with Crippen LogP contribution in [0.2, 0.25) is 0 Å². The van der Waals surface area contributed by atoms with Crippen LogP contribution < -0.4 is 5.32 Å². The van der Waals surface area contributed by atoms with Crippen LogP contribution in [-0.4, -0.2) is 21.5 Å². The Labute approximate surface area is 111 Å². The molecule has 5 heteroatoms. The molecule has 0 aliphatic heterocycles. The molecule has 2 aromatic rings. The quantitative estimate of drug-likeness (QED) is 0.837. The first-order valence-corrected chi connectivity index (χ1v) is 6.78. The average molecular weight is 260 g/mol. The van der Waals surface area contributed by atoms with E-state index < -0.39 is 0 Å². The van der Waals surface area contributed by atoms with E-state index in [0.717, 1.165) is 34.7 Å². The van der Waals surface area contributed by atoms with Crippen molar-refractivity contribution in [3.8, 4) is 0 Å². The van der Waals surface area contributed by atoms with Gasteiger partial charge in [0.15, 0.2) is 5.16 Å². The van der Waals surface area contributed by atoms with Gasteiger partial charge in [-0.3, -0.25) is 0 Å². The molecule has 0 unspecified atom stereocenters. The summed E-state index contributed by atoms with van der Waals surface area (Å²) < 4.78 is 0. The van der Waals surface area contributed by atoms with Crippen LogP contribution in [0.15, 0.2) is 40.6 Å². The minimum absolute atomic E-state index is 0.732. The van der Waals surface area contributed by atoms with Crippen molar-refractivity contribution in [3.63, 3.8) is 0 Å². The van der Waals surface area contributed by atoms with Gasteiger partial charge in [0, 0.05) is 18.4 Å². The first-order valence-electron chi connectivity index (χ1n) is 5.96. The molecule has 1 N–H and O–H groups in total. The van der Waals surface area contributed by atoms with Crippen LogP contribution in [0.3, 0.4) is 0 Å². The molecule has 94 valence electrons. The lowest BCUT2D eigenvalue weighted by Gasteiger charge is -2.05. The van der Waals surface area contributed by atoms with Crippen LogP contribution in [-0.2, 0) is 0 Å². The van der Waals surface area contributed by atoms with E-state index in [4.69, 9.17) is 0 Å². The summed E-state index contributed by atoms with van der Waals surface area (Å²) in [6.07, 6.45) is 2.85. The summed E-state index contributed by atoms with van der Waals surface area (Å²) in [6.45, 7) is 5.02. The fourth-order valence-electron chi connectivity index (χ4n) is 1.39. The van der Waals surface area contributed by atoms with Gasteiger partial charge in [-0.2, -0.15) is 0 Å². The molecule has 0 amide bonds. The van der Waals surface area contributed by atoms with E-state index in [1.165, 1.54) is 11.8 Å².